The number of nitrogens with one attached hydrogen (secondary N) is 2. The van der Waals surface area contributed by atoms with Gasteiger partial charge in [-0.3, -0.25) is 4.79 Å². The second-order valence-electron chi connectivity index (χ2n) is 3.57. The van der Waals surface area contributed by atoms with E-state index in [-0.39, 0.29) is 5.91 Å². The molecule has 0 aliphatic heterocycles. The van der Waals surface area contributed by atoms with Gasteiger partial charge in [-0.1, -0.05) is 18.2 Å². The van der Waals surface area contributed by atoms with Gasteiger partial charge in [-0.2, -0.15) is 0 Å². The van der Waals surface area contributed by atoms with Crippen LogP contribution >= 0.6 is 22.6 Å². The molecular weight excluding hydrogens is 331 g/mol. The maximum atomic E-state index is 11.8. The first kappa shape index (κ1) is 12.1. The van der Waals surface area contributed by atoms with E-state index in [1.807, 2.05) is 24.3 Å². The summed E-state index contributed by atoms with van der Waals surface area (Å²) >= 11 is 2.15. The molecule has 0 saturated carbocycles. The minimum absolute atomic E-state index is 0.174. The summed E-state index contributed by atoms with van der Waals surface area (Å²) in [6, 6.07) is 7.75. The first-order chi connectivity index (χ1) is 8.24. The molecule has 1 heterocycles. The van der Waals surface area contributed by atoms with Crippen LogP contribution < -0.4 is 5.32 Å². The van der Waals surface area contributed by atoms with Crippen LogP contribution in [-0.4, -0.2) is 23.7 Å². The van der Waals surface area contributed by atoms with Crippen molar-refractivity contribution in [1.29, 1.82) is 0 Å². The van der Waals surface area contributed by atoms with Crippen molar-refractivity contribution in [3.63, 3.8) is 0 Å². The van der Waals surface area contributed by atoms with Gasteiger partial charge in [0.1, 0.15) is 12.0 Å². The third-order valence-electron chi connectivity index (χ3n) is 2.42. The summed E-state index contributed by atoms with van der Waals surface area (Å²) in [4.78, 5) is 25.1. The van der Waals surface area contributed by atoms with Crippen molar-refractivity contribution in [3.8, 4) is 0 Å². The number of hydrogen-bond donors (Lipinski definition) is 2. The van der Waals surface area contributed by atoms with Crippen LogP contribution in [0.4, 0.5) is 0 Å². The van der Waals surface area contributed by atoms with Crippen LogP contribution in [0.25, 0.3) is 10.9 Å². The van der Waals surface area contributed by atoms with E-state index >= 15 is 0 Å². The molecule has 17 heavy (non-hydrogen) atoms. The van der Waals surface area contributed by atoms with Crippen molar-refractivity contribution in [2.45, 2.75) is 6.42 Å². The molecule has 1 amide bonds. The van der Waals surface area contributed by atoms with E-state index < -0.39 is 0 Å². The summed E-state index contributed by atoms with van der Waals surface area (Å²) in [5.41, 5.74) is 1.50. The molecule has 1 aromatic heterocycles. The standard InChI is InChI=1S/C12H11IN2O2/c13-10-8-4-1-2-5-9(8)15-11(10)12(17)14-6-3-7-16/h1-2,4-5,7,15H,3,6H2,(H,14,17). The smallest absolute Gasteiger partial charge is 0.268 e. The second kappa shape index (κ2) is 5.31. The number of hydrogen-bond acceptors (Lipinski definition) is 2. The Kier molecular flexibility index (Phi) is 3.78. The van der Waals surface area contributed by atoms with Gasteiger partial charge in [0.2, 0.25) is 0 Å². The van der Waals surface area contributed by atoms with Gasteiger partial charge in [0.15, 0.2) is 0 Å². The number of fused-ring (bicyclic) bond motifs is 1. The van der Waals surface area contributed by atoms with E-state index in [4.69, 9.17) is 0 Å². The van der Waals surface area contributed by atoms with Gasteiger partial charge in [0.05, 0.1) is 3.57 Å². The minimum Gasteiger partial charge on any atom is -0.350 e. The molecule has 0 radical (unpaired) electrons. The monoisotopic (exact) mass is 342 g/mol. The Hall–Kier alpha value is -1.37. The number of carbonyl (C=O) groups is 2. The first-order valence-corrected chi connectivity index (χ1v) is 6.30. The highest BCUT2D eigenvalue weighted by Crippen LogP contribution is 2.23. The molecule has 5 heteroatoms. The lowest BCUT2D eigenvalue weighted by Crippen LogP contribution is -2.25. The van der Waals surface area contributed by atoms with Gasteiger partial charge in [-0.05, 0) is 28.7 Å². The molecule has 4 nitrogen and oxygen atoms in total. The number of halogens is 1. The minimum atomic E-state index is -0.174. The fourth-order valence-corrected chi connectivity index (χ4v) is 2.45. The zero-order valence-corrected chi connectivity index (χ0v) is 11.2. The van der Waals surface area contributed by atoms with Gasteiger partial charge >= 0.3 is 0 Å². The summed E-state index contributed by atoms with van der Waals surface area (Å²) in [6.07, 6.45) is 1.12. The Morgan fingerprint density at radius 2 is 2.18 bits per heavy atom. The number of aldehydes is 1. The predicted molar refractivity (Wildman–Crippen MR) is 74.0 cm³/mol. The van der Waals surface area contributed by atoms with Gasteiger partial charge in [-0.25, -0.2) is 0 Å². The molecule has 2 aromatic rings. The number of rotatable bonds is 4. The number of carbonyl (C=O) groups excluding carboxylic acids is 2. The molecule has 0 atom stereocenters. The van der Waals surface area contributed by atoms with Crippen LogP contribution in [0, 0.1) is 3.57 Å². The molecule has 0 bridgehead atoms. The molecule has 0 saturated heterocycles. The number of aromatic amines is 1. The van der Waals surface area contributed by atoms with Crippen molar-refractivity contribution in [3.05, 3.63) is 33.5 Å². The molecule has 0 spiro atoms. The second-order valence-corrected chi connectivity index (χ2v) is 4.65. The number of amides is 1. The van der Waals surface area contributed by atoms with Gasteiger partial charge in [0, 0.05) is 23.9 Å². The number of H-pyrrole nitrogens is 1. The third-order valence-corrected chi connectivity index (χ3v) is 3.54. The summed E-state index contributed by atoms with van der Waals surface area (Å²) in [5, 5.41) is 3.73. The quantitative estimate of drug-likeness (QED) is 0.508. The van der Waals surface area contributed by atoms with Crippen molar-refractivity contribution in [2.75, 3.05) is 6.54 Å². The van der Waals surface area contributed by atoms with Crippen molar-refractivity contribution in [2.24, 2.45) is 0 Å². The molecule has 0 unspecified atom stereocenters. The van der Waals surface area contributed by atoms with E-state index in [9.17, 15) is 9.59 Å². The highest BCUT2D eigenvalue weighted by atomic mass is 127. The zero-order chi connectivity index (χ0) is 12.3. The number of aromatic nitrogens is 1. The van der Waals surface area contributed by atoms with E-state index in [1.54, 1.807) is 0 Å². The lowest BCUT2D eigenvalue weighted by molar-refractivity contribution is -0.107. The average Bonchev–Trinajstić information content (AvgIpc) is 2.68. The third kappa shape index (κ3) is 2.49. The molecule has 0 aliphatic rings. The Labute approximate surface area is 112 Å². The number of para-hydroxylation sites is 1. The molecule has 2 N–H and O–H groups in total. The molecule has 1 aromatic carbocycles. The van der Waals surface area contributed by atoms with Crippen LogP contribution in [0.2, 0.25) is 0 Å². The van der Waals surface area contributed by atoms with Gasteiger partial charge < -0.3 is 15.1 Å². The zero-order valence-electron chi connectivity index (χ0n) is 9.00. The largest absolute Gasteiger partial charge is 0.350 e. The Bertz CT molecular complexity index is 563. The highest BCUT2D eigenvalue weighted by Gasteiger charge is 2.14. The number of benzene rings is 1. The van der Waals surface area contributed by atoms with Crippen LogP contribution in [0.5, 0.6) is 0 Å². The molecular formula is C12H11IN2O2. The van der Waals surface area contributed by atoms with Crippen molar-refractivity contribution < 1.29 is 9.59 Å². The average molecular weight is 342 g/mol. The van der Waals surface area contributed by atoms with E-state index in [2.05, 4.69) is 32.9 Å². The molecule has 0 fully saturated rings. The summed E-state index contributed by atoms with van der Waals surface area (Å²) in [5.74, 6) is -0.174. The van der Waals surface area contributed by atoms with Crippen LogP contribution in [0.3, 0.4) is 0 Å². The fourth-order valence-electron chi connectivity index (χ4n) is 1.60. The van der Waals surface area contributed by atoms with Crippen LogP contribution in [-0.2, 0) is 4.79 Å². The molecule has 2 rings (SSSR count). The summed E-state index contributed by atoms with van der Waals surface area (Å²) in [7, 11) is 0. The fraction of sp³-hybridized carbons (Fsp3) is 0.167. The van der Waals surface area contributed by atoms with E-state index in [0.717, 1.165) is 20.8 Å². The van der Waals surface area contributed by atoms with Crippen molar-refractivity contribution in [1.82, 2.24) is 10.3 Å². The van der Waals surface area contributed by atoms with E-state index in [0.29, 0.717) is 18.7 Å². The summed E-state index contributed by atoms with van der Waals surface area (Å²) in [6.45, 7) is 0.369. The Morgan fingerprint density at radius 3 is 2.88 bits per heavy atom. The molecule has 88 valence electrons. The lowest BCUT2D eigenvalue weighted by Gasteiger charge is -2.00. The summed E-state index contributed by atoms with van der Waals surface area (Å²) < 4.78 is 0.904. The van der Waals surface area contributed by atoms with Gasteiger partial charge in [0.25, 0.3) is 5.91 Å². The maximum Gasteiger partial charge on any atom is 0.268 e. The Balaban J connectivity index is 2.26. The highest BCUT2D eigenvalue weighted by molar-refractivity contribution is 14.1. The van der Waals surface area contributed by atoms with Crippen molar-refractivity contribution >= 4 is 45.7 Å². The van der Waals surface area contributed by atoms with Crippen LogP contribution in [0.15, 0.2) is 24.3 Å². The SMILES string of the molecule is O=CCCNC(=O)c1[nH]c2ccccc2c1I. The lowest BCUT2D eigenvalue weighted by atomic mass is 10.2. The van der Waals surface area contributed by atoms with Gasteiger partial charge in [-0.15, -0.1) is 0 Å². The van der Waals surface area contributed by atoms with E-state index in [1.165, 1.54) is 0 Å². The predicted octanol–water partition coefficient (Wildman–Crippen LogP) is 2.09. The van der Waals surface area contributed by atoms with Crippen LogP contribution in [0.1, 0.15) is 16.9 Å². The Morgan fingerprint density at radius 1 is 1.41 bits per heavy atom. The maximum absolute atomic E-state index is 11.8. The normalized spacial score (nSPS) is 10.4. The molecule has 0 aliphatic carbocycles. The topological polar surface area (TPSA) is 62.0 Å². The first-order valence-electron chi connectivity index (χ1n) is 5.22.